The number of likely N-dealkylation sites (tertiary alicyclic amines) is 1. The second-order valence-corrected chi connectivity index (χ2v) is 7.52. The third kappa shape index (κ3) is 7.73. The van der Waals surface area contributed by atoms with Crippen LogP contribution >= 0.6 is 24.0 Å². The number of carbonyl (C=O) groups is 1. The third-order valence-electron chi connectivity index (χ3n) is 4.13. The van der Waals surface area contributed by atoms with Gasteiger partial charge in [0.15, 0.2) is 5.96 Å². The van der Waals surface area contributed by atoms with E-state index in [4.69, 9.17) is 9.47 Å². The molecule has 1 aromatic carbocycles. The molecular weight excluding hydrogens is 471 g/mol. The number of alkyl carbamates (subject to hydrolysis) is 1. The monoisotopic (exact) mass is 504 g/mol. The minimum atomic E-state index is -0.492. The zero-order valence-corrected chi connectivity index (χ0v) is 19.8. The van der Waals surface area contributed by atoms with Gasteiger partial charge in [0.25, 0.3) is 0 Å². The minimum absolute atomic E-state index is 0. The van der Waals surface area contributed by atoms with Gasteiger partial charge in [0.2, 0.25) is 0 Å². The number of nitrogens with zero attached hydrogens (tertiary/aromatic N) is 2. The molecule has 0 saturated carbocycles. The minimum Gasteiger partial charge on any atom is -0.494 e. The standard InChI is InChI=1S/C20H32N4O3.HI/c1-6-26-17-10-8-7-9-15(17)13-22-18(21-5)24-12-11-16(14-24)23-19(25)27-20(2,3)4;/h7-10,16H,6,11-14H2,1-5H3,(H,21,22)(H,23,25);1H. The first kappa shape index (κ1) is 24.3. The van der Waals surface area contributed by atoms with E-state index in [1.165, 1.54) is 0 Å². The molecule has 0 radical (unpaired) electrons. The van der Waals surface area contributed by atoms with Crippen LogP contribution in [-0.2, 0) is 11.3 Å². The fraction of sp³-hybridized carbons (Fsp3) is 0.600. The molecule has 1 aliphatic rings. The van der Waals surface area contributed by atoms with E-state index in [0.717, 1.165) is 30.2 Å². The topological polar surface area (TPSA) is 75.2 Å². The smallest absolute Gasteiger partial charge is 0.407 e. The molecule has 1 atom stereocenters. The summed E-state index contributed by atoms with van der Waals surface area (Å²) in [5.74, 6) is 1.70. The predicted octanol–water partition coefficient (Wildman–Crippen LogP) is 3.38. The molecule has 2 N–H and O–H groups in total. The highest BCUT2D eigenvalue weighted by Gasteiger charge is 2.27. The Hall–Kier alpha value is -1.71. The largest absolute Gasteiger partial charge is 0.494 e. The van der Waals surface area contributed by atoms with Crippen molar-refractivity contribution in [2.75, 3.05) is 26.7 Å². The number of ether oxygens (including phenoxy) is 2. The lowest BCUT2D eigenvalue weighted by Gasteiger charge is -2.23. The van der Waals surface area contributed by atoms with Crippen molar-refractivity contribution in [3.05, 3.63) is 29.8 Å². The molecule has 158 valence electrons. The first-order valence-electron chi connectivity index (χ1n) is 9.48. The number of rotatable bonds is 5. The Balaban J connectivity index is 0.00000392. The molecule has 2 rings (SSSR count). The van der Waals surface area contributed by atoms with Crippen molar-refractivity contribution in [1.82, 2.24) is 15.5 Å². The van der Waals surface area contributed by atoms with Gasteiger partial charge in [-0.05, 0) is 40.2 Å². The average Bonchev–Trinajstić information content (AvgIpc) is 3.03. The molecule has 0 bridgehead atoms. The van der Waals surface area contributed by atoms with Crippen LogP contribution in [-0.4, -0.2) is 55.3 Å². The third-order valence-corrected chi connectivity index (χ3v) is 4.13. The Morgan fingerprint density at radius 2 is 2.04 bits per heavy atom. The van der Waals surface area contributed by atoms with E-state index >= 15 is 0 Å². The summed E-state index contributed by atoms with van der Waals surface area (Å²) in [4.78, 5) is 18.5. The van der Waals surface area contributed by atoms with Crippen molar-refractivity contribution in [2.24, 2.45) is 4.99 Å². The van der Waals surface area contributed by atoms with Gasteiger partial charge in [-0.25, -0.2) is 4.79 Å². The van der Waals surface area contributed by atoms with Crippen molar-refractivity contribution in [1.29, 1.82) is 0 Å². The van der Waals surface area contributed by atoms with Crippen LogP contribution in [0.25, 0.3) is 0 Å². The second kappa shape index (κ2) is 11.3. The summed E-state index contributed by atoms with van der Waals surface area (Å²) in [6.45, 7) is 10.3. The van der Waals surface area contributed by atoms with E-state index in [0.29, 0.717) is 19.7 Å². The predicted molar refractivity (Wildman–Crippen MR) is 123 cm³/mol. The summed E-state index contributed by atoms with van der Waals surface area (Å²) >= 11 is 0. The number of hydrogen-bond acceptors (Lipinski definition) is 4. The maximum Gasteiger partial charge on any atom is 0.407 e. The van der Waals surface area contributed by atoms with Crippen LogP contribution in [0.15, 0.2) is 29.3 Å². The molecule has 1 fully saturated rings. The Morgan fingerprint density at radius 1 is 1.32 bits per heavy atom. The quantitative estimate of drug-likeness (QED) is 0.366. The maximum atomic E-state index is 12.0. The molecule has 1 unspecified atom stereocenters. The van der Waals surface area contributed by atoms with Crippen molar-refractivity contribution in [3.63, 3.8) is 0 Å². The van der Waals surface area contributed by atoms with Crippen LogP contribution in [0.5, 0.6) is 5.75 Å². The molecule has 0 aromatic heterocycles. The van der Waals surface area contributed by atoms with Gasteiger partial charge in [0, 0.05) is 32.2 Å². The van der Waals surface area contributed by atoms with Crippen LogP contribution in [0.3, 0.4) is 0 Å². The first-order valence-corrected chi connectivity index (χ1v) is 9.48. The average molecular weight is 504 g/mol. The number of guanidine groups is 1. The summed E-state index contributed by atoms with van der Waals surface area (Å²) in [5.41, 5.74) is 0.594. The molecule has 0 aliphatic carbocycles. The van der Waals surface area contributed by atoms with Crippen LogP contribution in [0.4, 0.5) is 4.79 Å². The number of halogens is 1. The number of para-hydroxylation sites is 1. The van der Waals surface area contributed by atoms with Gasteiger partial charge in [-0.1, -0.05) is 18.2 Å². The summed E-state index contributed by atoms with van der Waals surface area (Å²) in [6.07, 6.45) is 0.484. The number of hydrogen-bond donors (Lipinski definition) is 2. The van der Waals surface area contributed by atoms with E-state index in [1.54, 1.807) is 7.05 Å². The number of amides is 1. The number of benzene rings is 1. The molecule has 28 heavy (non-hydrogen) atoms. The van der Waals surface area contributed by atoms with Crippen molar-refractivity contribution >= 4 is 36.0 Å². The van der Waals surface area contributed by atoms with Gasteiger partial charge in [-0.2, -0.15) is 0 Å². The van der Waals surface area contributed by atoms with Gasteiger partial charge >= 0.3 is 6.09 Å². The molecular formula is C20H33IN4O3. The van der Waals surface area contributed by atoms with Crippen LogP contribution in [0.2, 0.25) is 0 Å². The molecule has 8 heteroatoms. The van der Waals surface area contributed by atoms with E-state index in [9.17, 15) is 4.79 Å². The summed E-state index contributed by atoms with van der Waals surface area (Å²) in [5, 5.41) is 6.33. The van der Waals surface area contributed by atoms with Gasteiger partial charge in [-0.15, -0.1) is 24.0 Å². The lowest BCUT2D eigenvalue weighted by molar-refractivity contribution is 0.0507. The zero-order valence-electron chi connectivity index (χ0n) is 17.4. The van der Waals surface area contributed by atoms with Crippen molar-refractivity contribution < 1.29 is 14.3 Å². The Bertz CT molecular complexity index is 661. The zero-order chi connectivity index (χ0) is 19.9. The lowest BCUT2D eigenvalue weighted by atomic mass is 10.2. The number of aliphatic imine (C=N–C) groups is 1. The molecule has 7 nitrogen and oxygen atoms in total. The van der Waals surface area contributed by atoms with E-state index < -0.39 is 5.60 Å². The Kier molecular flexibility index (Phi) is 9.84. The number of nitrogens with one attached hydrogen (secondary N) is 2. The molecule has 1 aromatic rings. The van der Waals surface area contributed by atoms with Crippen LogP contribution in [0.1, 0.15) is 39.7 Å². The van der Waals surface area contributed by atoms with Gasteiger partial charge in [-0.3, -0.25) is 4.99 Å². The van der Waals surface area contributed by atoms with Crippen molar-refractivity contribution in [3.8, 4) is 5.75 Å². The maximum absolute atomic E-state index is 12.0. The van der Waals surface area contributed by atoms with Gasteiger partial charge < -0.3 is 25.0 Å². The molecule has 1 saturated heterocycles. The van der Waals surface area contributed by atoms with Gasteiger partial charge in [0.05, 0.1) is 12.6 Å². The van der Waals surface area contributed by atoms with Crippen molar-refractivity contribution in [2.45, 2.75) is 52.3 Å². The molecule has 0 spiro atoms. The highest BCUT2D eigenvalue weighted by atomic mass is 127. The highest BCUT2D eigenvalue weighted by Crippen LogP contribution is 2.18. The summed E-state index contributed by atoms with van der Waals surface area (Å²) in [7, 11) is 1.77. The van der Waals surface area contributed by atoms with E-state index in [1.807, 2.05) is 52.0 Å². The fourth-order valence-electron chi connectivity index (χ4n) is 3.00. The molecule has 1 aliphatic heterocycles. The van der Waals surface area contributed by atoms with Crippen LogP contribution in [0, 0.1) is 0 Å². The summed E-state index contributed by atoms with van der Waals surface area (Å²) in [6, 6.07) is 8.03. The van der Waals surface area contributed by atoms with E-state index in [-0.39, 0.29) is 36.1 Å². The number of carbonyl (C=O) groups excluding carboxylic acids is 1. The Labute approximate surface area is 185 Å². The highest BCUT2D eigenvalue weighted by molar-refractivity contribution is 14.0. The molecule has 1 amide bonds. The van der Waals surface area contributed by atoms with Gasteiger partial charge in [0.1, 0.15) is 11.4 Å². The Morgan fingerprint density at radius 3 is 2.68 bits per heavy atom. The SMILES string of the molecule is CCOc1ccccc1CNC(=NC)N1CCC(NC(=O)OC(C)(C)C)C1.I. The first-order chi connectivity index (χ1) is 12.8. The summed E-state index contributed by atoms with van der Waals surface area (Å²) < 4.78 is 11.0. The van der Waals surface area contributed by atoms with E-state index in [2.05, 4.69) is 20.5 Å². The lowest BCUT2D eigenvalue weighted by Crippen LogP contribution is -2.44. The normalized spacial score (nSPS) is 17.0. The fourth-order valence-corrected chi connectivity index (χ4v) is 3.00. The molecule has 1 heterocycles. The second-order valence-electron chi connectivity index (χ2n) is 7.52. The van der Waals surface area contributed by atoms with Crippen LogP contribution < -0.4 is 15.4 Å².